The van der Waals surface area contributed by atoms with Crippen molar-refractivity contribution in [2.45, 2.75) is 25.3 Å². The Morgan fingerprint density at radius 1 is 1.14 bits per heavy atom. The molecule has 1 aliphatic carbocycles. The maximum absolute atomic E-state index is 9.98. The lowest BCUT2D eigenvalue weighted by Gasteiger charge is -2.35. The largest absolute Gasteiger partial charge is 0.506 e. The molecule has 7 heteroatoms. The van der Waals surface area contributed by atoms with Gasteiger partial charge in [0.15, 0.2) is 0 Å². The zero-order valence-electron chi connectivity index (χ0n) is 12.2. The van der Waals surface area contributed by atoms with Crippen LogP contribution in [0.25, 0.3) is 0 Å². The summed E-state index contributed by atoms with van der Waals surface area (Å²) in [5, 5.41) is 13.4. The van der Waals surface area contributed by atoms with Gasteiger partial charge in [-0.25, -0.2) is 0 Å². The van der Waals surface area contributed by atoms with Gasteiger partial charge < -0.3 is 10.4 Å². The SMILES string of the molecule is Cl.Cl.Oc1c(I)cc([C@@H](CC2CC2)N2CCNCC2)cc1I. The summed E-state index contributed by atoms with van der Waals surface area (Å²) in [6.45, 7) is 4.44. The fraction of sp³-hybridized carbons (Fsp3) is 0.600. The number of halogens is 4. The molecule has 0 unspecified atom stereocenters. The molecule has 3 rings (SSSR count). The predicted octanol–water partition coefficient (Wildman–Crippen LogP) is 4.19. The van der Waals surface area contributed by atoms with E-state index in [0.29, 0.717) is 11.8 Å². The molecule has 126 valence electrons. The fourth-order valence-electron chi connectivity index (χ4n) is 2.94. The van der Waals surface area contributed by atoms with Crippen LogP contribution in [0.4, 0.5) is 0 Å². The molecule has 22 heavy (non-hydrogen) atoms. The molecule has 1 saturated carbocycles. The summed E-state index contributed by atoms with van der Waals surface area (Å²) in [5.74, 6) is 1.35. The number of rotatable bonds is 4. The van der Waals surface area contributed by atoms with Crippen LogP contribution in [0, 0.1) is 13.1 Å². The van der Waals surface area contributed by atoms with Gasteiger partial charge in [0, 0.05) is 32.2 Å². The first-order valence-corrected chi connectivity index (χ1v) is 9.43. The van der Waals surface area contributed by atoms with Gasteiger partial charge in [-0.3, -0.25) is 4.90 Å². The Hall–Kier alpha value is 0.980. The molecule has 0 bridgehead atoms. The number of hydrogen-bond acceptors (Lipinski definition) is 3. The Balaban J connectivity index is 0.00000121. The topological polar surface area (TPSA) is 35.5 Å². The number of nitrogens with one attached hydrogen (secondary N) is 1. The van der Waals surface area contributed by atoms with Gasteiger partial charge in [-0.15, -0.1) is 24.8 Å². The summed E-state index contributed by atoms with van der Waals surface area (Å²) >= 11 is 4.49. The number of phenols is 1. The minimum absolute atomic E-state index is 0. The Labute approximate surface area is 172 Å². The van der Waals surface area contributed by atoms with E-state index >= 15 is 0 Å². The second-order valence-corrected chi connectivity index (χ2v) is 8.14. The van der Waals surface area contributed by atoms with E-state index in [1.807, 2.05) is 0 Å². The highest BCUT2D eigenvalue weighted by Crippen LogP contribution is 2.41. The number of hydrogen-bond donors (Lipinski definition) is 2. The fourth-order valence-corrected chi connectivity index (χ4v) is 4.75. The lowest BCUT2D eigenvalue weighted by Crippen LogP contribution is -2.45. The predicted molar refractivity (Wildman–Crippen MR) is 113 cm³/mol. The molecule has 2 fully saturated rings. The molecule has 0 amide bonds. The molecule has 0 spiro atoms. The molecule has 1 aliphatic heterocycles. The molecular weight excluding hydrogens is 549 g/mol. The van der Waals surface area contributed by atoms with E-state index in [-0.39, 0.29) is 24.8 Å². The van der Waals surface area contributed by atoms with Crippen molar-refractivity contribution in [2.75, 3.05) is 26.2 Å². The highest BCUT2D eigenvalue weighted by Gasteiger charge is 2.31. The van der Waals surface area contributed by atoms with Crippen molar-refractivity contribution in [2.24, 2.45) is 5.92 Å². The molecule has 0 aromatic heterocycles. The maximum atomic E-state index is 9.98. The average molecular weight is 571 g/mol. The Morgan fingerprint density at radius 3 is 2.18 bits per heavy atom. The minimum atomic E-state index is 0. The van der Waals surface area contributed by atoms with Gasteiger partial charge in [-0.2, -0.15) is 0 Å². The van der Waals surface area contributed by atoms with Crippen molar-refractivity contribution in [3.63, 3.8) is 0 Å². The molecule has 1 heterocycles. The molecule has 1 aromatic rings. The van der Waals surface area contributed by atoms with Crippen molar-refractivity contribution in [3.8, 4) is 5.75 Å². The van der Waals surface area contributed by atoms with E-state index in [9.17, 15) is 5.11 Å². The summed E-state index contributed by atoms with van der Waals surface area (Å²) in [6, 6.07) is 4.87. The summed E-state index contributed by atoms with van der Waals surface area (Å²) in [7, 11) is 0. The van der Waals surface area contributed by atoms with E-state index < -0.39 is 0 Å². The van der Waals surface area contributed by atoms with Crippen molar-refractivity contribution < 1.29 is 5.11 Å². The average Bonchev–Trinajstić information content (AvgIpc) is 3.27. The van der Waals surface area contributed by atoms with Crippen LogP contribution in [0.3, 0.4) is 0 Å². The van der Waals surface area contributed by atoms with Crippen LogP contribution in [0.2, 0.25) is 0 Å². The normalized spacial score (nSPS) is 19.9. The van der Waals surface area contributed by atoms with Crippen molar-refractivity contribution in [3.05, 3.63) is 24.8 Å². The summed E-state index contributed by atoms with van der Waals surface area (Å²) in [4.78, 5) is 2.62. The van der Waals surface area contributed by atoms with Gasteiger partial charge in [0.1, 0.15) is 5.75 Å². The number of piperazine rings is 1. The molecule has 1 saturated heterocycles. The van der Waals surface area contributed by atoms with Gasteiger partial charge in [0.05, 0.1) is 7.14 Å². The van der Waals surface area contributed by atoms with Crippen molar-refractivity contribution in [1.29, 1.82) is 0 Å². The summed E-state index contributed by atoms with van der Waals surface area (Å²) < 4.78 is 1.95. The Kier molecular flexibility index (Phi) is 9.04. The first-order valence-electron chi connectivity index (χ1n) is 7.28. The number of nitrogens with zero attached hydrogens (tertiary/aromatic N) is 1. The third kappa shape index (κ3) is 5.24. The molecule has 2 N–H and O–H groups in total. The summed E-state index contributed by atoms with van der Waals surface area (Å²) in [6.07, 6.45) is 4.07. The lowest BCUT2D eigenvalue weighted by molar-refractivity contribution is 0.160. The smallest absolute Gasteiger partial charge is 0.142 e. The molecule has 3 nitrogen and oxygen atoms in total. The second kappa shape index (κ2) is 9.46. The van der Waals surface area contributed by atoms with Gasteiger partial charge >= 0.3 is 0 Å². The van der Waals surface area contributed by atoms with E-state index in [1.54, 1.807) is 0 Å². The molecule has 1 atom stereocenters. The first-order chi connectivity index (χ1) is 9.65. The van der Waals surface area contributed by atoms with Gasteiger partial charge in [-0.05, 0) is 75.2 Å². The monoisotopic (exact) mass is 570 g/mol. The quantitative estimate of drug-likeness (QED) is 0.533. The van der Waals surface area contributed by atoms with Crippen LogP contribution in [-0.2, 0) is 0 Å². The third-order valence-electron chi connectivity index (χ3n) is 4.27. The lowest BCUT2D eigenvalue weighted by atomic mass is 9.98. The Bertz CT molecular complexity index is 471. The number of phenolic OH excluding ortho intramolecular Hbond substituents is 1. The minimum Gasteiger partial charge on any atom is -0.506 e. The van der Waals surface area contributed by atoms with Crippen LogP contribution in [-0.4, -0.2) is 36.2 Å². The third-order valence-corrected chi connectivity index (χ3v) is 5.91. The van der Waals surface area contributed by atoms with Crippen LogP contribution in [0.1, 0.15) is 30.9 Å². The second-order valence-electron chi connectivity index (χ2n) is 5.81. The molecule has 1 aromatic carbocycles. The van der Waals surface area contributed by atoms with E-state index in [2.05, 4.69) is 67.5 Å². The van der Waals surface area contributed by atoms with E-state index in [0.717, 1.165) is 39.2 Å². The van der Waals surface area contributed by atoms with Crippen LogP contribution >= 0.6 is 70.0 Å². The van der Waals surface area contributed by atoms with Gasteiger partial charge in [-0.1, -0.05) is 12.8 Å². The van der Waals surface area contributed by atoms with E-state index in [4.69, 9.17) is 0 Å². The zero-order chi connectivity index (χ0) is 14.1. The van der Waals surface area contributed by atoms with Gasteiger partial charge in [0.25, 0.3) is 0 Å². The number of aromatic hydroxyl groups is 1. The van der Waals surface area contributed by atoms with Crippen LogP contribution in [0.5, 0.6) is 5.75 Å². The molecule has 2 aliphatic rings. The zero-order valence-corrected chi connectivity index (χ0v) is 18.2. The van der Waals surface area contributed by atoms with Crippen LogP contribution in [0.15, 0.2) is 12.1 Å². The molecular formula is C15H22Cl2I2N2O. The standard InChI is InChI=1S/C15H20I2N2O.2ClH/c16-12-8-11(9-13(17)15(12)20)14(7-10-1-2-10)19-5-3-18-4-6-19;;/h8-10,14,18,20H,1-7H2;2*1H/t14-;;/m1../s1. The van der Waals surface area contributed by atoms with Gasteiger partial charge in [0.2, 0.25) is 0 Å². The maximum Gasteiger partial charge on any atom is 0.142 e. The highest BCUT2D eigenvalue weighted by atomic mass is 127. The summed E-state index contributed by atoms with van der Waals surface area (Å²) in [5.41, 5.74) is 1.38. The van der Waals surface area contributed by atoms with Crippen molar-refractivity contribution in [1.82, 2.24) is 10.2 Å². The number of benzene rings is 1. The molecule has 0 radical (unpaired) electrons. The van der Waals surface area contributed by atoms with Crippen molar-refractivity contribution >= 4 is 70.0 Å². The van der Waals surface area contributed by atoms with Crippen LogP contribution < -0.4 is 5.32 Å². The highest BCUT2D eigenvalue weighted by molar-refractivity contribution is 14.1. The Morgan fingerprint density at radius 2 is 1.68 bits per heavy atom. The first kappa shape index (κ1) is 21.0. The van der Waals surface area contributed by atoms with E-state index in [1.165, 1.54) is 24.8 Å².